The van der Waals surface area contributed by atoms with E-state index in [0.29, 0.717) is 17.2 Å². The van der Waals surface area contributed by atoms with Crippen molar-refractivity contribution in [2.45, 2.75) is 0 Å². The summed E-state index contributed by atoms with van der Waals surface area (Å²) >= 11 is 0. The van der Waals surface area contributed by atoms with E-state index in [-0.39, 0.29) is 0 Å². The number of ether oxygens (including phenoxy) is 1. The minimum absolute atomic E-state index is 0.600. The minimum Gasteiger partial charge on any atom is -0.497 e. The third-order valence-electron chi connectivity index (χ3n) is 2.75. The number of benzene rings is 1. The third-order valence-corrected chi connectivity index (χ3v) is 2.75. The minimum atomic E-state index is 0.600. The number of nitrogen functional groups attached to an aromatic ring is 1. The average Bonchev–Trinajstić information content (AvgIpc) is 2.81. The van der Waals surface area contributed by atoms with Gasteiger partial charge in [-0.05, 0) is 24.3 Å². The Kier molecular flexibility index (Phi) is 2.37. The number of pyridine rings is 1. The molecule has 18 heavy (non-hydrogen) atoms. The van der Waals surface area contributed by atoms with Crippen molar-refractivity contribution in [3.63, 3.8) is 0 Å². The number of nitrogens with zero attached hydrogens (tertiary/aromatic N) is 2. The number of rotatable bonds is 2. The molecular weight excluding hydrogens is 228 g/mol. The van der Waals surface area contributed by atoms with Crippen molar-refractivity contribution in [3.8, 4) is 17.3 Å². The summed E-state index contributed by atoms with van der Waals surface area (Å²) in [4.78, 5) is 11.9. The molecule has 90 valence electrons. The van der Waals surface area contributed by atoms with E-state index in [4.69, 9.17) is 10.5 Å². The Morgan fingerprint density at radius 3 is 2.94 bits per heavy atom. The molecule has 3 N–H and O–H groups in total. The molecular formula is C13H12N4O. The monoisotopic (exact) mass is 240 g/mol. The molecule has 0 aliphatic heterocycles. The summed E-state index contributed by atoms with van der Waals surface area (Å²) < 4.78 is 5.17. The standard InChI is InChI=1S/C13H12N4O/c1-18-8-4-5-10-11(7-8)17-13(16-10)12-9(14)3-2-6-15-12/h2-7H,14H2,1H3,(H,16,17). The molecule has 0 amide bonds. The first kappa shape index (κ1) is 10.6. The zero-order valence-corrected chi connectivity index (χ0v) is 9.84. The van der Waals surface area contributed by atoms with Gasteiger partial charge >= 0.3 is 0 Å². The van der Waals surface area contributed by atoms with E-state index >= 15 is 0 Å². The maximum atomic E-state index is 5.88. The zero-order chi connectivity index (χ0) is 12.5. The first-order chi connectivity index (χ1) is 8.78. The lowest BCUT2D eigenvalue weighted by molar-refractivity contribution is 0.415. The van der Waals surface area contributed by atoms with Crippen LogP contribution in [0, 0.1) is 0 Å². The maximum absolute atomic E-state index is 5.88. The Hall–Kier alpha value is -2.56. The van der Waals surface area contributed by atoms with Crippen molar-refractivity contribution < 1.29 is 4.74 Å². The number of nitrogens with two attached hydrogens (primary N) is 1. The third kappa shape index (κ3) is 1.66. The number of hydrogen-bond acceptors (Lipinski definition) is 4. The first-order valence-electron chi connectivity index (χ1n) is 5.52. The summed E-state index contributed by atoms with van der Waals surface area (Å²) in [6, 6.07) is 9.26. The van der Waals surface area contributed by atoms with E-state index in [1.54, 1.807) is 25.4 Å². The molecule has 3 rings (SSSR count). The molecule has 0 bridgehead atoms. The van der Waals surface area contributed by atoms with Crippen LogP contribution in [0.4, 0.5) is 5.69 Å². The second-order valence-corrected chi connectivity index (χ2v) is 3.91. The van der Waals surface area contributed by atoms with Crippen molar-refractivity contribution in [2.75, 3.05) is 12.8 Å². The van der Waals surface area contributed by atoms with Gasteiger partial charge in [0.05, 0.1) is 23.8 Å². The van der Waals surface area contributed by atoms with Crippen LogP contribution in [-0.4, -0.2) is 22.1 Å². The van der Waals surface area contributed by atoms with Gasteiger partial charge in [-0.3, -0.25) is 4.98 Å². The van der Waals surface area contributed by atoms with Crippen molar-refractivity contribution in [1.82, 2.24) is 15.0 Å². The number of aromatic amines is 1. The van der Waals surface area contributed by atoms with Gasteiger partial charge in [0.1, 0.15) is 11.4 Å². The maximum Gasteiger partial charge on any atom is 0.159 e. The molecule has 0 spiro atoms. The highest BCUT2D eigenvalue weighted by Crippen LogP contribution is 2.25. The lowest BCUT2D eigenvalue weighted by atomic mass is 10.3. The summed E-state index contributed by atoms with van der Waals surface area (Å²) in [6.45, 7) is 0. The number of aromatic nitrogens is 3. The van der Waals surface area contributed by atoms with Gasteiger partial charge in [0.2, 0.25) is 0 Å². The molecule has 0 aliphatic carbocycles. The van der Waals surface area contributed by atoms with Crippen LogP contribution >= 0.6 is 0 Å². The van der Waals surface area contributed by atoms with E-state index in [2.05, 4.69) is 15.0 Å². The second kappa shape index (κ2) is 4.03. The van der Waals surface area contributed by atoms with Gasteiger partial charge in [-0.25, -0.2) is 4.98 Å². The highest BCUT2D eigenvalue weighted by Gasteiger charge is 2.09. The zero-order valence-electron chi connectivity index (χ0n) is 9.84. The smallest absolute Gasteiger partial charge is 0.159 e. The van der Waals surface area contributed by atoms with Crippen molar-refractivity contribution in [3.05, 3.63) is 36.5 Å². The average molecular weight is 240 g/mol. The molecule has 0 saturated heterocycles. The van der Waals surface area contributed by atoms with Gasteiger partial charge in [0.25, 0.3) is 0 Å². The molecule has 5 heteroatoms. The number of imidazole rings is 1. The van der Waals surface area contributed by atoms with Crippen LogP contribution in [0.25, 0.3) is 22.6 Å². The SMILES string of the molecule is COc1ccc2nc(-c3ncccc3N)[nH]c2c1. The van der Waals surface area contributed by atoms with E-state index in [0.717, 1.165) is 16.8 Å². The van der Waals surface area contributed by atoms with Gasteiger partial charge in [-0.2, -0.15) is 0 Å². The molecule has 2 heterocycles. The lowest BCUT2D eigenvalue weighted by Gasteiger charge is -1.98. The Morgan fingerprint density at radius 1 is 1.28 bits per heavy atom. The van der Waals surface area contributed by atoms with Crippen LogP contribution < -0.4 is 10.5 Å². The highest BCUT2D eigenvalue weighted by molar-refractivity contribution is 5.82. The Labute approximate surface area is 104 Å². The summed E-state index contributed by atoms with van der Waals surface area (Å²) in [6.07, 6.45) is 1.69. The van der Waals surface area contributed by atoms with Crippen LogP contribution in [0.3, 0.4) is 0 Å². The number of H-pyrrole nitrogens is 1. The quantitative estimate of drug-likeness (QED) is 0.720. The molecule has 0 unspecified atom stereocenters. The molecule has 3 aromatic rings. The largest absolute Gasteiger partial charge is 0.497 e. The van der Waals surface area contributed by atoms with Gasteiger partial charge in [-0.15, -0.1) is 0 Å². The number of nitrogens with one attached hydrogen (secondary N) is 1. The fourth-order valence-corrected chi connectivity index (χ4v) is 1.84. The second-order valence-electron chi connectivity index (χ2n) is 3.91. The van der Waals surface area contributed by atoms with Gasteiger partial charge in [-0.1, -0.05) is 0 Å². The van der Waals surface area contributed by atoms with Crippen LogP contribution in [0.1, 0.15) is 0 Å². The first-order valence-corrected chi connectivity index (χ1v) is 5.52. The summed E-state index contributed by atoms with van der Waals surface area (Å²) in [5, 5.41) is 0. The Bertz CT molecular complexity index is 705. The van der Waals surface area contributed by atoms with Crippen LogP contribution in [0.15, 0.2) is 36.5 Å². The molecule has 0 saturated carbocycles. The molecule has 0 aliphatic rings. The highest BCUT2D eigenvalue weighted by atomic mass is 16.5. The van der Waals surface area contributed by atoms with E-state index < -0.39 is 0 Å². The summed E-state index contributed by atoms with van der Waals surface area (Å²) in [7, 11) is 1.63. The summed E-state index contributed by atoms with van der Waals surface area (Å²) in [5.74, 6) is 1.45. The van der Waals surface area contributed by atoms with Crippen molar-refractivity contribution in [2.24, 2.45) is 0 Å². The number of hydrogen-bond donors (Lipinski definition) is 2. The van der Waals surface area contributed by atoms with E-state index in [1.165, 1.54) is 0 Å². The number of methoxy groups -OCH3 is 1. The molecule has 0 fully saturated rings. The van der Waals surface area contributed by atoms with E-state index in [9.17, 15) is 0 Å². The normalized spacial score (nSPS) is 10.7. The van der Waals surface area contributed by atoms with Crippen LogP contribution in [-0.2, 0) is 0 Å². The fraction of sp³-hybridized carbons (Fsp3) is 0.0769. The van der Waals surface area contributed by atoms with Gasteiger partial charge in [0.15, 0.2) is 5.82 Å². The lowest BCUT2D eigenvalue weighted by Crippen LogP contribution is -1.93. The topological polar surface area (TPSA) is 76.8 Å². The van der Waals surface area contributed by atoms with Gasteiger partial charge in [0, 0.05) is 12.3 Å². The Balaban J connectivity index is 2.17. The van der Waals surface area contributed by atoms with Gasteiger partial charge < -0.3 is 15.5 Å². The molecule has 0 atom stereocenters. The molecule has 2 aromatic heterocycles. The number of anilines is 1. The predicted molar refractivity (Wildman–Crippen MR) is 70.3 cm³/mol. The van der Waals surface area contributed by atoms with Crippen LogP contribution in [0.5, 0.6) is 5.75 Å². The van der Waals surface area contributed by atoms with Crippen LogP contribution in [0.2, 0.25) is 0 Å². The molecule has 1 aromatic carbocycles. The molecule has 5 nitrogen and oxygen atoms in total. The molecule has 0 radical (unpaired) electrons. The van der Waals surface area contributed by atoms with E-state index in [1.807, 2.05) is 18.2 Å². The number of fused-ring (bicyclic) bond motifs is 1. The van der Waals surface area contributed by atoms with Crippen molar-refractivity contribution in [1.29, 1.82) is 0 Å². The fourth-order valence-electron chi connectivity index (χ4n) is 1.84. The Morgan fingerprint density at radius 2 is 2.17 bits per heavy atom. The summed E-state index contributed by atoms with van der Waals surface area (Å²) in [5.41, 5.74) is 8.90. The van der Waals surface area contributed by atoms with Crippen molar-refractivity contribution >= 4 is 16.7 Å². The predicted octanol–water partition coefficient (Wildman–Crippen LogP) is 2.22.